The summed E-state index contributed by atoms with van der Waals surface area (Å²) in [6.45, 7) is 4.19. The smallest absolute Gasteiger partial charge is 0.305 e. The number of nitrogens with one attached hydrogen (secondary N) is 1. The Labute approximate surface area is 200 Å². The van der Waals surface area contributed by atoms with Gasteiger partial charge < -0.3 is 19.9 Å². The van der Waals surface area contributed by atoms with Crippen LogP contribution in [0.15, 0.2) is 36.4 Å². The number of nitriles is 1. The Kier molecular flexibility index (Phi) is 8.17. The molecule has 0 spiro atoms. The highest BCUT2D eigenvalue weighted by Gasteiger charge is 2.59. The van der Waals surface area contributed by atoms with E-state index >= 15 is 0 Å². The lowest BCUT2D eigenvalue weighted by Crippen LogP contribution is -2.22. The van der Waals surface area contributed by atoms with Crippen molar-refractivity contribution in [3.63, 3.8) is 0 Å². The number of benzene rings is 2. The van der Waals surface area contributed by atoms with Crippen molar-refractivity contribution in [1.82, 2.24) is 0 Å². The lowest BCUT2D eigenvalue weighted by Gasteiger charge is -2.20. The molecule has 0 bridgehead atoms. The van der Waals surface area contributed by atoms with Crippen molar-refractivity contribution < 1.29 is 24.2 Å². The van der Waals surface area contributed by atoms with Crippen molar-refractivity contribution in [2.75, 3.05) is 19.0 Å². The first kappa shape index (κ1) is 25.1. The number of aryl methyl sites for hydroxylation is 1. The van der Waals surface area contributed by atoms with Gasteiger partial charge in [-0.1, -0.05) is 25.1 Å². The van der Waals surface area contributed by atoms with E-state index in [1.807, 2.05) is 31.2 Å². The van der Waals surface area contributed by atoms with Gasteiger partial charge in [0.05, 0.1) is 26.2 Å². The Balaban J connectivity index is 1.78. The summed E-state index contributed by atoms with van der Waals surface area (Å²) < 4.78 is 10.5. The van der Waals surface area contributed by atoms with Crippen molar-refractivity contribution in [3.05, 3.63) is 53.1 Å². The topological polar surface area (TPSA) is 109 Å². The average molecular weight is 465 g/mol. The molecule has 0 saturated heterocycles. The molecule has 1 saturated carbocycles. The summed E-state index contributed by atoms with van der Waals surface area (Å²) in [5.74, 6) is 0.145. The van der Waals surface area contributed by atoms with Crippen LogP contribution in [0.25, 0.3) is 0 Å². The lowest BCUT2D eigenvalue weighted by atomic mass is 9.89. The highest BCUT2D eigenvalue weighted by Crippen LogP contribution is 2.59. The maximum Gasteiger partial charge on any atom is 0.305 e. The first-order valence-corrected chi connectivity index (χ1v) is 11.7. The molecule has 180 valence electrons. The van der Waals surface area contributed by atoms with Gasteiger partial charge in [0.25, 0.3) is 0 Å². The minimum atomic E-state index is -0.350. The minimum Gasteiger partial charge on any atom is -0.508 e. The van der Waals surface area contributed by atoms with E-state index in [1.54, 1.807) is 26.2 Å². The summed E-state index contributed by atoms with van der Waals surface area (Å²) >= 11 is 0. The molecule has 2 aromatic carbocycles. The predicted octanol–water partition coefficient (Wildman–Crippen LogP) is 4.66. The van der Waals surface area contributed by atoms with Crippen LogP contribution in [0.4, 0.5) is 5.69 Å². The van der Waals surface area contributed by atoms with E-state index < -0.39 is 0 Å². The molecule has 7 nitrogen and oxygen atoms in total. The molecule has 3 rings (SSSR count). The zero-order valence-electron chi connectivity index (χ0n) is 20.0. The van der Waals surface area contributed by atoms with E-state index in [1.165, 1.54) is 0 Å². The maximum atomic E-state index is 13.3. The van der Waals surface area contributed by atoms with Gasteiger partial charge in [-0.25, -0.2) is 0 Å². The number of aromatic hydroxyl groups is 1. The zero-order valence-corrected chi connectivity index (χ0v) is 20.0. The van der Waals surface area contributed by atoms with Gasteiger partial charge in [-0.05, 0) is 55.9 Å². The highest BCUT2D eigenvalue weighted by molar-refractivity contribution is 5.97. The molecule has 1 aliphatic carbocycles. The fourth-order valence-corrected chi connectivity index (χ4v) is 4.65. The highest BCUT2D eigenvalue weighted by atomic mass is 16.5. The van der Waals surface area contributed by atoms with Crippen LogP contribution >= 0.6 is 0 Å². The second kappa shape index (κ2) is 11.1. The predicted molar refractivity (Wildman–Crippen MR) is 129 cm³/mol. The number of hydrogen-bond donors (Lipinski definition) is 2. The van der Waals surface area contributed by atoms with Gasteiger partial charge in [-0.2, -0.15) is 5.26 Å². The van der Waals surface area contributed by atoms with Crippen LogP contribution in [0.2, 0.25) is 0 Å². The van der Waals surface area contributed by atoms with Gasteiger partial charge in [-0.3, -0.25) is 9.59 Å². The maximum absolute atomic E-state index is 13.3. The monoisotopic (exact) mass is 464 g/mol. The molecule has 2 atom stereocenters. The molecular weight excluding hydrogens is 432 g/mol. The largest absolute Gasteiger partial charge is 0.508 e. The number of phenols is 1. The fourth-order valence-electron chi connectivity index (χ4n) is 4.65. The number of carbonyl (C=O) groups excluding carboxylic acids is 2. The Bertz CT molecular complexity index is 1090. The van der Waals surface area contributed by atoms with Crippen LogP contribution in [0.3, 0.4) is 0 Å². The molecule has 34 heavy (non-hydrogen) atoms. The summed E-state index contributed by atoms with van der Waals surface area (Å²) in [4.78, 5) is 25.0. The third-order valence-electron chi connectivity index (χ3n) is 6.59. The van der Waals surface area contributed by atoms with Gasteiger partial charge >= 0.3 is 5.97 Å². The van der Waals surface area contributed by atoms with Gasteiger partial charge in [0, 0.05) is 35.1 Å². The van der Waals surface area contributed by atoms with E-state index in [0.29, 0.717) is 43.7 Å². The van der Waals surface area contributed by atoms with Gasteiger partial charge in [-0.15, -0.1) is 0 Å². The van der Waals surface area contributed by atoms with Gasteiger partial charge in [0.1, 0.15) is 11.5 Å². The number of nitrogens with zero attached hydrogens (tertiary/aromatic N) is 1. The number of rotatable bonds is 11. The number of ether oxygens (including phenoxy) is 2. The quantitative estimate of drug-likeness (QED) is 0.468. The Morgan fingerprint density at radius 1 is 1.24 bits per heavy atom. The minimum absolute atomic E-state index is 0.0854. The Morgan fingerprint density at radius 2 is 2.03 bits per heavy atom. The lowest BCUT2D eigenvalue weighted by molar-refractivity contribution is -0.143. The molecule has 0 aliphatic heterocycles. The first-order valence-electron chi connectivity index (χ1n) is 11.7. The van der Waals surface area contributed by atoms with Crippen LogP contribution in [-0.4, -0.2) is 30.7 Å². The third-order valence-corrected chi connectivity index (χ3v) is 6.59. The van der Waals surface area contributed by atoms with Crippen LogP contribution in [0.5, 0.6) is 11.5 Å². The van der Waals surface area contributed by atoms with Crippen molar-refractivity contribution >= 4 is 17.6 Å². The fraction of sp³-hybridized carbons (Fsp3) is 0.444. The summed E-state index contributed by atoms with van der Waals surface area (Å²) in [6.07, 6.45) is 3.21. The molecule has 1 fully saturated rings. The number of carbonyl (C=O) groups is 2. The van der Waals surface area contributed by atoms with E-state index in [0.717, 1.165) is 23.1 Å². The molecular formula is C27H32N2O5. The summed E-state index contributed by atoms with van der Waals surface area (Å²) in [5.41, 5.74) is 2.99. The van der Waals surface area contributed by atoms with Crippen molar-refractivity contribution in [3.8, 4) is 17.6 Å². The molecule has 0 radical (unpaired) electrons. The molecule has 0 heterocycles. The molecule has 2 N–H and O–H groups in total. The SMILES string of the molecule is CCOC(=O)CCCc1ccc(CC#N)cc1NC(=O)C1CC1(CC)c1ccc(O)cc1OC. The van der Waals surface area contributed by atoms with Gasteiger partial charge in [0.2, 0.25) is 5.91 Å². The van der Waals surface area contributed by atoms with Crippen LogP contribution < -0.4 is 10.1 Å². The molecule has 1 aliphatic rings. The van der Waals surface area contributed by atoms with Crippen molar-refractivity contribution in [1.29, 1.82) is 5.26 Å². The molecule has 7 heteroatoms. The second-order valence-electron chi connectivity index (χ2n) is 8.63. The molecule has 2 unspecified atom stereocenters. The van der Waals surface area contributed by atoms with E-state index in [4.69, 9.17) is 14.7 Å². The summed E-state index contributed by atoms with van der Waals surface area (Å²) in [7, 11) is 1.56. The standard InChI is InChI=1S/C27H32N2O5/c1-4-27(21-12-11-20(30)16-24(21)33-3)17-22(27)26(32)29-23-15-18(13-14-28)9-10-19(23)7-6-8-25(31)34-5-2/h9-12,15-16,22,30H,4-8,13,17H2,1-3H3,(H,29,32). The number of esters is 1. The number of hydrogen-bond acceptors (Lipinski definition) is 6. The summed E-state index contributed by atoms with van der Waals surface area (Å²) in [5, 5.41) is 22.0. The molecule has 1 amide bonds. The van der Waals surface area contributed by atoms with Crippen LogP contribution in [0.1, 0.15) is 56.2 Å². The van der Waals surface area contributed by atoms with Crippen molar-refractivity contribution in [2.24, 2.45) is 5.92 Å². The molecule has 0 aromatic heterocycles. The normalized spacial score (nSPS) is 18.6. The van der Waals surface area contributed by atoms with Crippen LogP contribution in [-0.2, 0) is 32.6 Å². The zero-order chi connectivity index (χ0) is 24.7. The third kappa shape index (κ3) is 5.51. The second-order valence-corrected chi connectivity index (χ2v) is 8.63. The van der Waals surface area contributed by atoms with Gasteiger partial charge in [0.15, 0.2) is 0 Å². The Morgan fingerprint density at radius 3 is 2.71 bits per heavy atom. The number of anilines is 1. The Hall–Kier alpha value is -3.53. The summed E-state index contributed by atoms with van der Waals surface area (Å²) in [6, 6.07) is 12.8. The molecule has 2 aromatic rings. The number of amides is 1. The average Bonchev–Trinajstić information content (AvgIpc) is 3.57. The number of methoxy groups -OCH3 is 1. The van der Waals surface area contributed by atoms with Crippen molar-refractivity contribution in [2.45, 2.75) is 57.8 Å². The van der Waals surface area contributed by atoms with Crippen LogP contribution in [0, 0.1) is 17.2 Å². The van der Waals surface area contributed by atoms with E-state index in [2.05, 4.69) is 11.4 Å². The number of phenolic OH excluding ortho intramolecular Hbond substituents is 1. The van der Waals surface area contributed by atoms with E-state index in [-0.39, 0.29) is 35.4 Å². The first-order chi connectivity index (χ1) is 16.4. The van der Waals surface area contributed by atoms with E-state index in [9.17, 15) is 14.7 Å².